The summed E-state index contributed by atoms with van der Waals surface area (Å²) in [5, 5.41) is 3.53. The van der Waals surface area contributed by atoms with E-state index in [1.807, 2.05) is 12.1 Å². The van der Waals surface area contributed by atoms with Gasteiger partial charge in [0.05, 0.1) is 5.52 Å². The molecule has 0 atom stereocenters. The molecule has 1 amide bonds. The molecule has 3 N–H and O–H groups in total. The molecule has 144 valence electrons. The number of carbonyl (C=O) groups is 1. The minimum Gasteiger partial charge on any atom is -0.489 e. The summed E-state index contributed by atoms with van der Waals surface area (Å²) in [6, 6.07) is 18.1. The SMILES string of the molecule is Nc1ncnc2ccc(NC(=O)c3ccccc3COc3ccc(F)cc3)cc12. The monoisotopic (exact) mass is 388 g/mol. The van der Waals surface area contributed by atoms with Crippen LogP contribution in [0.15, 0.2) is 73.1 Å². The van der Waals surface area contributed by atoms with E-state index in [1.165, 1.54) is 18.5 Å². The van der Waals surface area contributed by atoms with E-state index in [1.54, 1.807) is 42.5 Å². The van der Waals surface area contributed by atoms with Gasteiger partial charge in [0.2, 0.25) is 0 Å². The van der Waals surface area contributed by atoms with Gasteiger partial charge in [-0.2, -0.15) is 0 Å². The quantitative estimate of drug-likeness (QED) is 0.535. The van der Waals surface area contributed by atoms with E-state index in [0.717, 1.165) is 0 Å². The van der Waals surface area contributed by atoms with Crippen LogP contribution in [0.25, 0.3) is 10.9 Å². The number of carbonyl (C=O) groups excluding carboxylic acids is 1. The molecule has 0 bridgehead atoms. The van der Waals surface area contributed by atoms with Crippen LogP contribution in [0, 0.1) is 5.82 Å². The Morgan fingerprint density at radius 3 is 2.66 bits per heavy atom. The largest absolute Gasteiger partial charge is 0.489 e. The van der Waals surface area contributed by atoms with E-state index < -0.39 is 0 Å². The molecule has 3 aromatic carbocycles. The van der Waals surface area contributed by atoms with E-state index in [2.05, 4.69) is 15.3 Å². The Labute approximate surface area is 166 Å². The first-order valence-electron chi connectivity index (χ1n) is 8.88. The first-order valence-corrected chi connectivity index (χ1v) is 8.88. The number of anilines is 2. The molecule has 7 heteroatoms. The zero-order valence-corrected chi connectivity index (χ0v) is 15.3. The van der Waals surface area contributed by atoms with Gasteiger partial charge >= 0.3 is 0 Å². The molecule has 1 aromatic heterocycles. The van der Waals surface area contributed by atoms with Crippen LogP contribution in [-0.2, 0) is 6.61 Å². The van der Waals surface area contributed by atoms with Crippen LogP contribution in [0.5, 0.6) is 5.75 Å². The lowest BCUT2D eigenvalue weighted by Gasteiger charge is -2.12. The molecule has 0 saturated carbocycles. The van der Waals surface area contributed by atoms with Gasteiger partial charge < -0.3 is 15.8 Å². The van der Waals surface area contributed by atoms with Crippen molar-refractivity contribution in [2.24, 2.45) is 0 Å². The van der Waals surface area contributed by atoms with E-state index in [-0.39, 0.29) is 18.3 Å². The van der Waals surface area contributed by atoms with Gasteiger partial charge in [0.15, 0.2) is 0 Å². The van der Waals surface area contributed by atoms with Crippen molar-refractivity contribution in [1.82, 2.24) is 9.97 Å². The van der Waals surface area contributed by atoms with Crippen molar-refractivity contribution in [3.05, 3.63) is 90.0 Å². The van der Waals surface area contributed by atoms with E-state index in [9.17, 15) is 9.18 Å². The van der Waals surface area contributed by atoms with Gasteiger partial charge in [-0.25, -0.2) is 14.4 Å². The Balaban J connectivity index is 1.53. The van der Waals surface area contributed by atoms with Gasteiger partial charge in [-0.1, -0.05) is 18.2 Å². The Bertz CT molecular complexity index is 1180. The lowest BCUT2D eigenvalue weighted by molar-refractivity contribution is 0.102. The molecule has 1 heterocycles. The predicted molar refractivity (Wildman–Crippen MR) is 109 cm³/mol. The summed E-state index contributed by atoms with van der Waals surface area (Å²) in [4.78, 5) is 21.0. The van der Waals surface area contributed by atoms with Crippen LogP contribution >= 0.6 is 0 Å². The second-order valence-corrected chi connectivity index (χ2v) is 6.34. The number of hydrogen-bond acceptors (Lipinski definition) is 5. The number of fused-ring (bicyclic) bond motifs is 1. The van der Waals surface area contributed by atoms with Crippen LogP contribution in [-0.4, -0.2) is 15.9 Å². The number of nitrogens with zero attached hydrogens (tertiary/aromatic N) is 2. The molecule has 0 unspecified atom stereocenters. The van der Waals surface area contributed by atoms with Crippen molar-refractivity contribution in [2.45, 2.75) is 6.61 Å². The summed E-state index contributed by atoms with van der Waals surface area (Å²) in [6.45, 7) is 0.174. The molecule has 4 aromatic rings. The molecule has 0 aliphatic carbocycles. The van der Waals surface area contributed by atoms with Gasteiger partial charge in [0.1, 0.15) is 30.3 Å². The molecule has 29 heavy (non-hydrogen) atoms. The van der Waals surface area contributed by atoms with Crippen molar-refractivity contribution in [3.63, 3.8) is 0 Å². The van der Waals surface area contributed by atoms with Crippen LogP contribution in [0.3, 0.4) is 0 Å². The summed E-state index contributed by atoms with van der Waals surface area (Å²) >= 11 is 0. The van der Waals surface area contributed by atoms with Crippen molar-refractivity contribution in [3.8, 4) is 5.75 Å². The zero-order chi connectivity index (χ0) is 20.2. The number of aromatic nitrogens is 2. The average molecular weight is 388 g/mol. The lowest BCUT2D eigenvalue weighted by atomic mass is 10.1. The Morgan fingerprint density at radius 1 is 1.03 bits per heavy atom. The number of nitrogens with two attached hydrogens (primary N) is 1. The number of benzene rings is 3. The van der Waals surface area contributed by atoms with E-state index >= 15 is 0 Å². The second-order valence-electron chi connectivity index (χ2n) is 6.34. The fraction of sp³-hybridized carbons (Fsp3) is 0.0455. The van der Waals surface area contributed by atoms with Crippen molar-refractivity contribution in [2.75, 3.05) is 11.1 Å². The summed E-state index contributed by atoms with van der Waals surface area (Å²) < 4.78 is 18.7. The van der Waals surface area contributed by atoms with Gasteiger partial charge in [-0.05, 0) is 48.5 Å². The third-order valence-electron chi connectivity index (χ3n) is 4.39. The lowest BCUT2D eigenvalue weighted by Crippen LogP contribution is -2.15. The molecular weight excluding hydrogens is 371 g/mol. The number of nitrogen functional groups attached to an aromatic ring is 1. The fourth-order valence-electron chi connectivity index (χ4n) is 2.91. The van der Waals surface area contributed by atoms with Gasteiger partial charge in [0.25, 0.3) is 5.91 Å². The summed E-state index contributed by atoms with van der Waals surface area (Å²) in [5.74, 6) is 0.252. The van der Waals surface area contributed by atoms with Crippen LogP contribution in [0.4, 0.5) is 15.9 Å². The molecule has 0 fully saturated rings. The number of ether oxygens (including phenoxy) is 1. The summed E-state index contributed by atoms with van der Waals surface area (Å²) in [7, 11) is 0. The molecular formula is C22H17FN4O2. The van der Waals surface area contributed by atoms with Crippen molar-refractivity contribution in [1.29, 1.82) is 0 Å². The Kier molecular flexibility index (Phi) is 5.03. The van der Waals surface area contributed by atoms with Gasteiger partial charge in [-0.3, -0.25) is 4.79 Å². The molecule has 0 aliphatic heterocycles. The second kappa shape index (κ2) is 7.93. The predicted octanol–water partition coefficient (Wildman–Crippen LogP) is 4.18. The van der Waals surface area contributed by atoms with Crippen LogP contribution in [0.1, 0.15) is 15.9 Å². The highest BCUT2D eigenvalue weighted by Crippen LogP contribution is 2.22. The highest BCUT2D eigenvalue weighted by atomic mass is 19.1. The van der Waals surface area contributed by atoms with E-state index in [0.29, 0.717) is 39.3 Å². The molecule has 0 spiro atoms. The summed E-state index contributed by atoms with van der Waals surface area (Å²) in [6.07, 6.45) is 1.40. The molecule has 0 aliphatic rings. The minimum absolute atomic E-state index is 0.174. The van der Waals surface area contributed by atoms with Crippen LogP contribution in [0.2, 0.25) is 0 Å². The maximum absolute atomic E-state index is 13.0. The fourth-order valence-corrected chi connectivity index (χ4v) is 2.91. The molecule has 4 rings (SSSR count). The number of amides is 1. The average Bonchev–Trinajstić information content (AvgIpc) is 2.74. The summed E-state index contributed by atoms with van der Waals surface area (Å²) in [5.41, 5.74) is 8.36. The van der Waals surface area contributed by atoms with Gasteiger partial charge in [0, 0.05) is 22.2 Å². The standard InChI is InChI=1S/C22H17FN4O2/c23-15-5-8-17(9-6-15)29-12-14-3-1-2-4-18(14)22(28)27-16-7-10-20-19(11-16)21(24)26-13-25-20/h1-11,13H,12H2,(H,27,28)(H2,24,25,26). The van der Waals surface area contributed by atoms with Crippen molar-refractivity contribution >= 4 is 28.3 Å². The number of hydrogen-bond donors (Lipinski definition) is 2. The normalized spacial score (nSPS) is 10.7. The topological polar surface area (TPSA) is 90.1 Å². The smallest absolute Gasteiger partial charge is 0.256 e. The maximum atomic E-state index is 13.0. The first-order chi connectivity index (χ1) is 14.1. The maximum Gasteiger partial charge on any atom is 0.256 e. The zero-order valence-electron chi connectivity index (χ0n) is 15.3. The van der Waals surface area contributed by atoms with Gasteiger partial charge in [-0.15, -0.1) is 0 Å². The Hall–Kier alpha value is -4.00. The molecule has 6 nitrogen and oxygen atoms in total. The molecule has 0 saturated heterocycles. The number of halogens is 1. The van der Waals surface area contributed by atoms with Crippen LogP contribution < -0.4 is 15.8 Å². The van der Waals surface area contributed by atoms with Crippen molar-refractivity contribution < 1.29 is 13.9 Å². The third-order valence-corrected chi connectivity index (χ3v) is 4.39. The number of nitrogens with one attached hydrogen (secondary N) is 1. The highest BCUT2D eigenvalue weighted by molar-refractivity contribution is 6.06. The molecule has 0 radical (unpaired) electrons. The Morgan fingerprint density at radius 2 is 1.83 bits per heavy atom. The first kappa shape index (κ1) is 18.4. The van der Waals surface area contributed by atoms with E-state index in [4.69, 9.17) is 10.5 Å². The third kappa shape index (κ3) is 4.14. The minimum atomic E-state index is -0.335. The highest BCUT2D eigenvalue weighted by Gasteiger charge is 2.13. The number of rotatable bonds is 5.